The van der Waals surface area contributed by atoms with Gasteiger partial charge in [0.2, 0.25) is 0 Å². The second-order valence-corrected chi connectivity index (χ2v) is 9.12. The van der Waals surface area contributed by atoms with Crippen LogP contribution in [0, 0.1) is 0 Å². The molecule has 0 fully saturated rings. The van der Waals surface area contributed by atoms with Crippen molar-refractivity contribution in [2.75, 3.05) is 0 Å². The average molecular weight is 421 g/mol. The number of rotatable bonds is 6. The maximum absolute atomic E-state index is 5.99. The molecule has 4 aromatic carbocycles. The van der Waals surface area contributed by atoms with Crippen LogP contribution in [0.25, 0.3) is 28.1 Å². The van der Waals surface area contributed by atoms with Crippen LogP contribution in [0.4, 0.5) is 0 Å². The van der Waals surface area contributed by atoms with Crippen LogP contribution in [0.2, 0.25) is 0 Å². The van der Waals surface area contributed by atoms with Gasteiger partial charge in [-0.2, -0.15) is 10.1 Å². The summed E-state index contributed by atoms with van der Waals surface area (Å²) in [7, 11) is 1.76. The fourth-order valence-corrected chi connectivity index (χ4v) is 5.70. The molecule has 0 saturated carbocycles. The Bertz CT molecular complexity index is 1270. The zero-order valence-electron chi connectivity index (χ0n) is 16.2. The molecule has 5 heteroatoms. The van der Waals surface area contributed by atoms with E-state index in [0.717, 1.165) is 33.9 Å². The molecule has 5 aromatic rings. The third-order valence-corrected chi connectivity index (χ3v) is 7.22. The molecule has 0 aliphatic rings. The van der Waals surface area contributed by atoms with Crippen LogP contribution in [0.15, 0.2) is 114 Å². The largest absolute Gasteiger partial charge is 0.640 e. The summed E-state index contributed by atoms with van der Waals surface area (Å²) in [5.74, 6) is 1.86. The molecule has 0 aliphatic heterocycles. The molecule has 0 N–H and O–H groups in total. The molecule has 143 valence electrons. The molecule has 0 unspecified atom stereocenters. The van der Waals surface area contributed by atoms with E-state index in [9.17, 15) is 0 Å². The van der Waals surface area contributed by atoms with E-state index in [1.807, 2.05) is 42.5 Å². The molecule has 0 bridgehead atoms. The fourth-order valence-electron chi connectivity index (χ4n) is 3.43. The van der Waals surface area contributed by atoms with Gasteiger partial charge in [-0.15, -0.1) is 0 Å². The molecule has 1 aromatic heterocycles. The third-order valence-electron chi connectivity index (χ3n) is 4.81. The number of hydrogen-bond donors (Lipinski definition) is 0. The minimum absolute atomic E-state index is 0.288. The Balaban J connectivity index is 1.55. The van der Waals surface area contributed by atoms with Crippen LogP contribution in [-0.2, 0) is 0 Å². The van der Waals surface area contributed by atoms with E-state index >= 15 is 0 Å². The van der Waals surface area contributed by atoms with Crippen molar-refractivity contribution in [3.05, 3.63) is 109 Å². The van der Waals surface area contributed by atoms with Crippen LogP contribution < -0.4 is 3.79 Å². The topological polar surface area (TPSA) is 27.1 Å². The van der Waals surface area contributed by atoms with Gasteiger partial charge in [-0.05, 0) is 42.5 Å². The predicted molar refractivity (Wildman–Crippen MR) is 125 cm³/mol. The lowest BCUT2D eigenvalue weighted by Gasteiger charge is -2.13. The van der Waals surface area contributed by atoms with Crippen molar-refractivity contribution in [3.63, 3.8) is 0 Å². The van der Waals surface area contributed by atoms with Crippen molar-refractivity contribution in [1.82, 2.24) is 9.55 Å². The zero-order valence-corrected chi connectivity index (χ0v) is 18.2. The zero-order chi connectivity index (χ0) is 20.2. The van der Waals surface area contributed by atoms with Crippen LogP contribution >= 0.6 is 10.1 Å². The molecule has 3 nitrogen and oxygen atoms in total. The molecule has 0 spiro atoms. The summed E-state index contributed by atoms with van der Waals surface area (Å²) in [6.07, 6.45) is 0. The Labute approximate surface area is 185 Å². The van der Waals surface area contributed by atoms with Gasteiger partial charge in [-0.25, -0.2) is 4.98 Å². The van der Waals surface area contributed by atoms with Crippen LogP contribution in [0.3, 0.4) is 0 Å². The SMILES string of the molecule is c1ccc([O][Al][S]c2ccccc2-c2nc3ccccc3n2-c2ccccc2)cc1. The maximum atomic E-state index is 5.99. The predicted octanol–water partition coefficient (Wildman–Crippen LogP) is 6.40. The van der Waals surface area contributed by atoms with Crippen LogP contribution in [0.1, 0.15) is 0 Å². The fraction of sp³-hybridized carbons (Fsp3) is 0. The summed E-state index contributed by atoms with van der Waals surface area (Å²) in [4.78, 5) is 6.18. The van der Waals surface area contributed by atoms with Gasteiger partial charge in [-0.1, -0.05) is 66.7 Å². The molecule has 5 rings (SSSR count). The number of benzene rings is 4. The van der Waals surface area contributed by atoms with Gasteiger partial charge in [0.05, 0.1) is 16.8 Å². The highest BCUT2D eigenvalue weighted by Crippen LogP contribution is 2.34. The summed E-state index contributed by atoms with van der Waals surface area (Å²) in [6.45, 7) is 0. The van der Waals surface area contributed by atoms with E-state index in [-0.39, 0.29) is 14.4 Å². The second kappa shape index (κ2) is 8.81. The van der Waals surface area contributed by atoms with Crippen LogP contribution in [-0.4, -0.2) is 24.0 Å². The first-order chi connectivity index (χ1) is 14.9. The minimum Gasteiger partial charge on any atom is -0.640 e. The van der Waals surface area contributed by atoms with E-state index in [1.165, 1.54) is 4.90 Å². The smallest absolute Gasteiger partial charge is 0.629 e. The first kappa shape index (κ1) is 19.0. The quantitative estimate of drug-likeness (QED) is 0.297. The molecular formula is C25H18AlN2OS. The van der Waals surface area contributed by atoms with E-state index < -0.39 is 0 Å². The van der Waals surface area contributed by atoms with Crippen LogP contribution in [0.5, 0.6) is 5.75 Å². The van der Waals surface area contributed by atoms with Crippen molar-refractivity contribution >= 4 is 35.6 Å². The lowest BCUT2D eigenvalue weighted by atomic mass is 10.2. The highest BCUT2D eigenvalue weighted by Gasteiger charge is 2.17. The van der Waals surface area contributed by atoms with Crippen molar-refractivity contribution < 1.29 is 3.79 Å². The number of aromatic nitrogens is 2. The molecule has 30 heavy (non-hydrogen) atoms. The Morgan fingerprint density at radius 3 is 2.20 bits per heavy atom. The molecular weight excluding hydrogens is 403 g/mol. The molecule has 1 heterocycles. The Hall–Kier alpha value is -2.97. The van der Waals surface area contributed by atoms with Crippen molar-refractivity contribution in [2.24, 2.45) is 0 Å². The standard InChI is InChI=1S/C19H14N2S.C6H6O.Al/c22-18-13-7-4-10-15(18)19-20-16-11-5-6-12-17(16)21(19)14-8-2-1-3-9-14;7-6-4-2-1-3-5-6;/h1-13,22H;1-5,7H;/q;;+2/p-2. The van der Waals surface area contributed by atoms with Gasteiger partial charge in [-0.3, -0.25) is 4.57 Å². The summed E-state index contributed by atoms with van der Waals surface area (Å²) < 4.78 is 8.23. The molecule has 1 radical (unpaired) electrons. The van der Waals surface area contributed by atoms with Gasteiger partial charge < -0.3 is 3.79 Å². The number of hydrogen-bond acceptors (Lipinski definition) is 3. The number of imidazole rings is 1. The van der Waals surface area contributed by atoms with E-state index in [1.54, 1.807) is 10.1 Å². The second-order valence-electron chi connectivity index (χ2n) is 6.74. The Morgan fingerprint density at radius 2 is 1.37 bits per heavy atom. The number of nitrogens with zero attached hydrogens (tertiary/aromatic N) is 2. The minimum atomic E-state index is -0.288. The first-order valence-electron chi connectivity index (χ1n) is 9.72. The van der Waals surface area contributed by atoms with Crippen molar-refractivity contribution in [2.45, 2.75) is 4.90 Å². The first-order valence-corrected chi connectivity index (χ1v) is 12.5. The maximum Gasteiger partial charge on any atom is 0.629 e. The average Bonchev–Trinajstić information content (AvgIpc) is 3.20. The van der Waals surface area contributed by atoms with Gasteiger partial charge in [0.15, 0.2) is 0 Å². The lowest BCUT2D eigenvalue weighted by Crippen LogP contribution is -2.00. The monoisotopic (exact) mass is 421 g/mol. The summed E-state index contributed by atoms with van der Waals surface area (Å²) in [5, 5.41) is 0. The van der Waals surface area contributed by atoms with E-state index in [2.05, 4.69) is 71.3 Å². The van der Waals surface area contributed by atoms with E-state index in [0.29, 0.717) is 0 Å². The molecule has 0 saturated heterocycles. The highest BCUT2D eigenvalue weighted by atomic mass is 32.3. The van der Waals surface area contributed by atoms with Crippen molar-refractivity contribution in [3.8, 4) is 22.8 Å². The summed E-state index contributed by atoms with van der Waals surface area (Å²) in [6, 6.07) is 37.1. The molecule has 0 atom stereocenters. The normalized spacial score (nSPS) is 10.8. The lowest BCUT2D eigenvalue weighted by molar-refractivity contribution is 0.611. The van der Waals surface area contributed by atoms with Gasteiger partial charge >= 0.3 is 14.4 Å². The summed E-state index contributed by atoms with van der Waals surface area (Å²) >= 11 is -0.288. The van der Waals surface area contributed by atoms with Crippen molar-refractivity contribution in [1.29, 1.82) is 0 Å². The van der Waals surface area contributed by atoms with Gasteiger partial charge in [0.25, 0.3) is 0 Å². The summed E-state index contributed by atoms with van der Waals surface area (Å²) in [5.41, 5.74) is 4.32. The van der Waals surface area contributed by atoms with Gasteiger partial charge in [0, 0.05) is 16.1 Å². The van der Waals surface area contributed by atoms with Gasteiger partial charge in [0.1, 0.15) is 5.82 Å². The number of fused-ring (bicyclic) bond motifs is 1. The molecule has 0 aliphatic carbocycles. The Morgan fingerprint density at radius 1 is 0.700 bits per heavy atom. The third kappa shape index (κ3) is 3.88. The molecule has 0 amide bonds. The van der Waals surface area contributed by atoms with E-state index in [4.69, 9.17) is 8.77 Å². The Kier molecular flexibility index (Phi) is 5.59. The highest BCUT2D eigenvalue weighted by molar-refractivity contribution is 8.22. The number of para-hydroxylation sites is 4.